The van der Waals surface area contributed by atoms with Gasteiger partial charge in [-0.15, -0.1) is 0 Å². The van der Waals surface area contributed by atoms with Crippen LogP contribution in [0.25, 0.3) is 0 Å². The topological polar surface area (TPSA) is 90.0 Å². The molecule has 3 aromatic carbocycles. The second kappa shape index (κ2) is 8.26. The Labute approximate surface area is 195 Å². The summed E-state index contributed by atoms with van der Waals surface area (Å²) in [5.74, 6) is -0.705. The molecule has 2 heterocycles. The van der Waals surface area contributed by atoms with Crippen LogP contribution in [0.1, 0.15) is 45.3 Å². The second-order valence-corrected chi connectivity index (χ2v) is 8.40. The molecule has 2 N–H and O–H groups in total. The van der Waals surface area contributed by atoms with Gasteiger partial charge in [0.1, 0.15) is 11.9 Å². The third kappa shape index (κ3) is 3.60. The number of benzene rings is 3. The van der Waals surface area contributed by atoms with Crippen LogP contribution >= 0.6 is 11.6 Å². The Balaban J connectivity index is 1.36. The number of phenols is 1. The lowest BCUT2D eigenvalue weighted by molar-refractivity contribution is -0.116. The van der Waals surface area contributed by atoms with Gasteiger partial charge in [-0.05, 0) is 42.8 Å². The van der Waals surface area contributed by atoms with Crippen LogP contribution in [0, 0.1) is 0 Å². The van der Waals surface area contributed by atoms with Crippen molar-refractivity contribution in [2.24, 2.45) is 0 Å². The molecule has 1 atom stereocenters. The summed E-state index contributed by atoms with van der Waals surface area (Å²) in [6.45, 7) is 0.283. The van der Waals surface area contributed by atoms with Crippen LogP contribution in [-0.2, 0) is 4.79 Å². The first-order valence-corrected chi connectivity index (χ1v) is 10.9. The third-order valence-electron chi connectivity index (χ3n) is 5.92. The number of carbonyl (C=O) groups is 3. The average molecular weight is 462 g/mol. The van der Waals surface area contributed by atoms with E-state index in [1.165, 1.54) is 18.2 Å². The Morgan fingerprint density at radius 2 is 1.70 bits per heavy atom. The number of para-hydroxylation sites is 1. The van der Waals surface area contributed by atoms with E-state index in [1.807, 2.05) is 24.3 Å². The van der Waals surface area contributed by atoms with Crippen molar-refractivity contribution < 1.29 is 19.5 Å². The molecule has 0 saturated carbocycles. The van der Waals surface area contributed by atoms with Gasteiger partial charge in [0, 0.05) is 29.1 Å². The molecule has 7 nitrogen and oxygen atoms in total. The Kier molecular flexibility index (Phi) is 5.26. The highest BCUT2D eigenvalue weighted by atomic mass is 35.5. The molecule has 0 fully saturated rings. The van der Waals surface area contributed by atoms with Gasteiger partial charge in [-0.1, -0.05) is 41.9 Å². The van der Waals surface area contributed by atoms with Crippen molar-refractivity contribution in [2.75, 3.05) is 16.8 Å². The van der Waals surface area contributed by atoms with Crippen LogP contribution < -0.4 is 10.2 Å². The molecule has 3 aromatic rings. The van der Waals surface area contributed by atoms with E-state index in [0.29, 0.717) is 28.3 Å². The molecule has 1 unspecified atom stereocenters. The maximum Gasteiger partial charge on any atom is 0.260 e. The minimum Gasteiger partial charge on any atom is -0.506 e. The van der Waals surface area contributed by atoms with Gasteiger partial charge in [0.15, 0.2) is 0 Å². The normalized spacial score (nSPS) is 16.3. The number of anilines is 2. The number of aromatic hydroxyl groups is 1. The van der Waals surface area contributed by atoms with Crippen molar-refractivity contribution >= 4 is 40.7 Å². The summed E-state index contributed by atoms with van der Waals surface area (Å²) in [4.78, 5) is 42.3. The Morgan fingerprint density at radius 1 is 0.970 bits per heavy atom. The lowest BCUT2D eigenvalue weighted by Gasteiger charge is -2.41. The van der Waals surface area contributed by atoms with E-state index >= 15 is 0 Å². The molecule has 0 spiro atoms. The number of fused-ring (bicyclic) bond motifs is 5. The lowest BCUT2D eigenvalue weighted by Crippen LogP contribution is -2.48. The number of phenolic OH excluding ortho intramolecular Hbond substituents is 1. The van der Waals surface area contributed by atoms with E-state index in [1.54, 1.807) is 34.1 Å². The first-order valence-electron chi connectivity index (χ1n) is 10.6. The molecular formula is C25H20ClN3O4. The highest BCUT2D eigenvalue weighted by Gasteiger charge is 2.47. The number of carbonyl (C=O) groups excluding carboxylic acids is 3. The quantitative estimate of drug-likeness (QED) is 0.544. The molecule has 2 aliphatic rings. The molecule has 0 aromatic heterocycles. The van der Waals surface area contributed by atoms with E-state index in [2.05, 4.69) is 5.32 Å². The van der Waals surface area contributed by atoms with E-state index in [4.69, 9.17) is 11.6 Å². The first-order chi connectivity index (χ1) is 16.0. The van der Waals surface area contributed by atoms with Crippen molar-refractivity contribution in [3.63, 3.8) is 0 Å². The Bertz CT molecular complexity index is 1290. The maximum absolute atomic E-state index is 13.4. The molecule has 8 heteroatoms. The SMILES string of the molecule is O=C(CCCN1C(=O)c2ccccc2N2C(=O)c3ccccc3C12)Nc1cc(Cl)ccc1O. The van der Waals surface area contributed by atoms with Crippen LogP contribution in [0.2, 0.25) is 5.02 Å². The zero-order valence-corrected chi connectivity index (χ0v) is 18.2. The Hall–Kier alpha value is -3.84. The van der Waals surface area contributed by atoms with E-state index in [-0.39, 0.29) is 42.1 Å². The molecule has 33 heavy (non-hydrogen) atoms. The number of amides is 3. The van der Waals surface area contributed by atoms with Crippen molar-refractivity contribution in [3.05, 3.63) is 88.4 Å². The zero-order chi connectivity index (χ0) is 23.1. The summed E-state index contributed by atoms with van der Waals surface area (Å²) in [6.07, 6.45) is -0.0438. The fraction of sp³-hybridized carbons (Fsp3) is 0.160. The van der Waals surface area contributed by atoms with Crippen LogP contribution in [0.3, 0.4) is 0 Å². The summed E-state index contributed by atoms with van der Waals surface area (Å²) in [7, 11) is 0. The largest absolute Gasteiger partial charge is 0.506 e. The number of hydrogen-bond donors (Lipinski definition) is 2. The first kappa shape index (κ1) is 21.0. The second-order valence-electron chi connectivity index (χ2n) is 7.96. The van der Waals surface area contributed by atoms with E-state index in [9.17, 15) is 19.5 Å². The van der Waals surface area contributed by atoms with E-state index < -0.39 is 6.17 Å². The predicted octanol–water partition coefficient (Wildman–Crippen LogP) is 4.58. The van der Waals surface area contributed by atoms with Crippen molar-refractivity contribution in [1.29, 1.82) is 0 Å². The fourth-order valence-electron chi connectivity index (χ4n) is 4.43. The predicted molar refractivity (Wildman–Crippen MR) is 124 cm³/mol. The van der Waals surface area contributed by atoms with Crippen LogP contribution in [-0.4, -0.2) is 34.3 Å². The fourth-order valence-corrected chi connectivity index (χ4v) is 4.60. The molecule has 0 bridgehead atoms. The molecule has 0 saturated heterocycles. The Morgan fingerprint density at radius 3 is 2.52 bits per heavy atom. The summed E-state index contributed by atoms with van der Waals surface area (Å²) in [5.41, 5.74) is 2.64. The van der Waals surface area contributed by atoms with Crippen LogP contribution in [0.4, 0.5) is 11.4 Å². The molecule has 0 radical (unpaired) electrons. The monoisotopic (exact) mass is 461 g/mol. The van der Waals surface area contributed by atoms with Gasteiger partial charge in [-0.25, -0.2) is 0 Å². The van der Waals surface area contributed by atoms with Gasteiger partial charge in [0.25, 0.3) is 11.8 Å². The van der Waals surface area contributed by atoms with Gasteiger partial charge in [0.2, 0.25) is 5.91 Å². The van der Waals surface area contributed by atoms with Crippen molar-refractivity contribution in [2.45, 2.75) is 19.0 Å². The van der Waals surface area contributed by atoms with Gasteiger partial charge < -0.3 is 15.3 Å². The van der Waals surface area contributed by atoms with Crippen molar-refractivity contribution in [1.82, 2.24) is 4.90 Å². The average Bonchev–Trinajstić information content (AvgIpc) is 3.11. The van der Waals surface area contributed by atoms with Gasteiger partial charge in [-0.3, -0.25) is 19.3 Å². The molecule has 3 amide bonds. The number of halogens is 1. The minimum atomic E-state index is -0.545. The summed E-state index contributed by atoms with van der Waals surface area (Å²) in [6, 6.07) is 18.8. The summed E-state index contributed by atoms with van der Waals surface area (Å²) < 4.78 is 0. The third-order valence-corrected chi connectivity index (χ3v) is 6.15. The van der Waals surface area contributed by atoms with Crippen molar-refractivity contribution in [3.8, 4) is 5.75 Å². The van der Waals surface area contributed by atoms with E-state index in [0.717, 1.165) is 5.56 Å². The number of hydrogen-bond acceptors (Lipinski definition) is 4. The zero-order valence-electron chi connectivity index (χ0n) is 17.5. The van der Waals surface area contributed by atoms with Crippen LogP contribution in [0.5, 0.6) is 5.75 Å². The minimum absolute atomic E-state index is 0.0766. The molecule has 2 aliphatic heterocycles. The smallest absolute Gasteiger partial charge is 0.260 e. The van der Waals surface area contributed by atoms with Gasteiger partial charge in [0.05, 0.1) is 16.9 Å². The van der Waals surface area contributed by atoms with Gasteiger partial charge in [-0.2, -0.15) is 0 Å². The van der Waals surface area contributed by atoms with Crippen LogP contribution in [0.15, 0.2) is 66.7 Å². The maximum atomic E-state index is 13.4. The number of nitrogens with zero attached hydrogens (tertiary/aromatic N) is 2. The standard InChI is InChI=1S/C25H20ClN3O4/c26-15-11-12-21(30)19(14-15)27-22(31)10-5-13-28-23-16-6-1-2-7-17(16)25(33)29(23)20-9-4-3-8-18(20)24(28)32/h1-4,6-9,11-12,14,23,30H,5,10,13H2,(H,27,31). The molecule has 5 rings (SSSR count). The molecular weight excluding hydrogens is 442 g/mol. The molecule has 0 aliphatic carbocycles. The van der Waals surface area contributed by atoms with Gasteiger partial charge >= 0.3 is 0 Å². The highest BCUT2D eigenvalue weighted by Crippen LogP contribution is 2.45. The highest BCUT2D eigenvalue weighted by molar-refractivity contribution is 6.31. The summed E-state index contributed by atoms with van der Waals surface area (Å²) in [5, 5.41) is 12.9. The lowest BCUT2D eigenvalue weighted by atomic mass is 10.0. The summed E-state index contributed by atoms with van der Waals surface area (Å²) >= 11 is 5.93. The number of nitrogens with one attached hydrogen (secondary N) is 1. The molecule has 166 valence electrons. The number of rotatable bonds is 5.